The molecule has 0 fully saturated rings. The molecule has 33 heavy (non-hydrogen) atoms. The van der Waals surface area contributed by atoms with Crippen LogP contribution in [0.4, 0.5) is 0 Å². The van der Waals surface area contributed by atoms with Crippen LogP contribution in [0, 0.1) is 0 Å². The molecule has 0 heterocycles. The average Bonchev–Trinajstić information content (AvgIpc) is 2.80. The molecule has 0 bridgehead atoms. The van der Waals surface area contributed by atoms with E-state index in [2.05, 4.69) is 13.8 Å². The van der Waals surface area contributed by atoms with E-state index in [0.717, 1.165) is 49.7 Å². The van der Waals surface area contributed by atoms with Crippen LogP contribution in [0.3, 0.4) is 0 Å². The zero-order valence-corrected chi connectivity index (χ0v) is 22.2. The van der Waals surface area contributed by atoms with E-state index in [-0.39, 0.29) is 23.1 Å². The Morgan fingerprint density at radius 2 is 0.939 bits per heavy atom. The Labute approximate surface area is 216 Å². The molecule has 0 aliphatic rings. The van der Waals surface area contributed by atoms with Gasteiger partial charge in [0.2, 0.25) is 0 Å². The van der Waals surface area contributed by atoms with Crippen LogP contribution in [0.25, 0.3) is 0 Å². The molecule has 2 aromatic carbocycles. The molecular formula is C28H38MgO4. The maximum Gasteiger partial charge on any atom is 2.00 e. The van der Waals surface area contributed by atoms with Crippen molar-refractivity contribution >= 4 is 35.0 Å². The zero-order valence-electron chi connectivity index (χ0n) is 20.8. The van der Waals surface area contributed by atoms with Gasteiger partial charge in [-0.1, -0.05) is 127 Å². The summed E-state index contributed by atoms with van der Waals surface area (Å²) in [5.74, 6) is -1.95. The number of hydrogen-bond acceptors (Lipinski definition) is 4. The fourth-order valence-corrected chi connectivity index (χ4v) is 3.80. The molecule has 0 amide bonds. The number of unbranched alkanes of at least 4 members (excludes halogenated alkanes) is 4. The molecule has 0 N–H and O–H groups in total. The molecule has 0 saturated heterocycles. The van der Waals surface area contributed by atoms with Gasteiger partial charge in [0, 0.05) is 10.8 Å². The van der Waals surface area contributed by atoms with E-state index in [1.165, 1.54) is 0 Å². The molecular weight excluding hydrogens is 425 g/mol. The van der Waals surface area contributed by atoms with Crippen LogP contribution in [0.15, 0.2) is 60.7 Å². The monoisotopic (exact) mass is 462 g/mol. The van der Waals surface area contributed by atoms with Crippen LogP contribution in [-0.2, 0) is 20.4 Å². The first kappa shape index (κ1) is 31.1. The number of carbonyl (C=O) groups excluding carboxylic acids is 2. The van der Waals surface area contributed by atoms with E-state index in [9.17, 15) is 19.8 Å². The molecule has 5 heteroatoms. The van der Waals surface area contributed by atoms with E-state index in [1.54, 1.807) is 13.8 Å². The Hall–Kier alpha value is -1.85. The van der Waals surface area contributed by atoms with Crippen LogP contribution in [0.5, 0.6) is 0 Å². The zero-order chi connectivity index (χ0) is 24.0. The summed E-state index contributed by atoms with van der Waals surface area (Å²) >= 11 is 0. The fourth-order valence-electron chi connectivity index (χ4n) is 3.80. The van der Waals surface area contributed by atoms with Crippen molar-refractivity contribution in [2.75, 3.05) is 0 Å². The van der Waals surface area contributed by atoms with E-state index >= 15 is 0 Å². The van der Waals surface area contributed by atoms with Crippen molar-refractivity contribution in [3.05, 3.63) is 71.8 Å². The number of carboxylic acid groups (broad SMARTS) is 2. The topological polar surface area (TPSA) is 80.3 Å². The second kappa shape index (κ2) is 15.9. The van der Waals surface area contributed by atoms with Gasteiger partial charge in [-0.25, -0.2) is 0 Å². The fraction of sp³-hybridized carbons (Fsp3) is 0.500. The van der Waals surface area contributed by atoms with Gasteiger partial charge in [0.1, 0.15) is 0 Å². The minimum absolute atomic E-state index is 0. The number of rotatable bonds is 12. The Morgan fingerprint density at radius 1 is 0.636 bits per heavy atom. The van der Waals surface area contributed by atoms with E-state index in [4.69, 9.17) is 0 Å². The summed E-state index contributed by atoms with van der Waals surface area (Å²) in [6, 6.07) is 18.7. The first-order valence-electron chi connectivity index (χ1n) is 11.8. The summed E-state index contributed by atoms with van der Waals surface area (Å²) in [5.41, 5.74) is -0.0236. The summed E-state index contributed by atoms with van der Waals surface area (Å²) in [6.45, 7) is 7.73. The largest absolute Gasteiger partial charge is 2.00 e. The molecule has 2 aromatic rings. The molecule has 2 unspecified atom stereocenters. The Morgan fingerprint density at radius 3 is 1.18 bits per heavy atom. The molecule has 0 aromatic heterocycles. The molecule has 2 atom stereocenters. The van der Waals surface area contributed by atoms with E-state index < -0.39 is 22.8 Å². The quantitative estimate of drug-likeness (QED) is 0.350. The Balaban J connectivity index is 0.000000602. The van der Waals surface area contributed by atoms with Crippen molar-refractivity contribution in [1.29, 1.82) is 0 Å². The SMILES string of the molecule is CCCCCC(C)(C(=O)[O-])c1ccccc1.CCCCCC(C)(C(=O)[O-])c1ccccc1.[Mg+2]. The molecule has 0 spiro atoms. The van der Waals surface area contributed by atoms with Crippen LogP contribution < -0.4 is 10.2 Å². The normalized spacial score (nSPS) is 13.9. The first-order chi connectivity index (χ1) is 15.2. The number of hydrogen-bond donors (Lipinski definition) is 0. The van der Waals surface area contributed by atoms with Gasteiger partial charge in [0.15, 0.2) is 0 Å². The van der Waals surface area contributed by atoms with E-state index in [1.807, 2.05) is 60.7 Å². The van der Waals surface area contributed by atoms with Crippen LogP contribution in [-0.4, -0.2) is 35.0 Å². The van der Waals surface area contributed by atoms with Crippen LogP contribution in [0.1, 0.15) is 90.2 Å². The van der Waals surface area contributed by atoms with E-state index in [0.29, 0.717) is 12.8 Å². The van der Waals surface area contributed by atoms with Gasteiger partial charge in [0.25, 0.3) is 0 Å². The first-order valence-corrected chi connectivity index (χ1v) is 11.8. The molecule has 2 rings (SSSR count). The molecule has 0 aliphatic heterocycles. The average molecular weight is 463 g/mol. The summed E-state index contributed by atoms with van der Waals surface area (Å²) in [4.78, 5) is 22.6. The van der Waals surface area contributed by atoms with Crippen molar-refractivity contribution in [1.82, 2.24) is 0 Å². The maximum atomic E-state index is 11.3. The third-order valence-electron chi connectivity index (χ3n) is 6.28. The van der Waals surface area contributed by atoms with Gasteiger partial charge in [-0.3, -0.25) is 0 Å². The molecule has 0 radical (unpaired) electrons. The Bertz CT molecular complexity index is 740. The van der Waals surface area contributed by atoms with Crippen molar-refractivity contribution in [3.8, 4) is 0 Å². The number of benzene rings is 2. The minimum atomic E-state index is -0.977. The molecule has 0 aliphatic carbocycles. The van der Waals surface area contributed by atoms with Gasteiger partial charge in [-0.15, -0.1) is 0 Å². The summed E-state index contributed by atoms with van der Waals surface area (Å²) in [6.07, 6.45) is 7.47. The predicted molar refractivity (Wildman–Crippen MR) is 132 cm³/mol. The van der Waals surface area contributed by atoms with Gasteiger partial charge in [-0.05, 0) is 24.0 Å². The standard InChI is InChI=1S/2C14H20O2.Mg/c2*1-3-4-8-11-14(2,13(15)16)12-9-6-5-7-10-12;/h2*5-7,9-10H,3-4,8,11H2,1-2H3,(H,15,16);/q;;+2/p-2. The predicted octanol–water partition coefficient (Wildman–Crippen LogP) is 4.17. The molecule has 0 saturated carbocycles. The third-order valence-corrected chi connectivity index (χ3v) is 6.28. The number of aliphatic carboxylic acids is 2. The summed E-state index contributed by atoms with van der Waals surface area (Å²) in [7, 11) is 0. The number of carboxylic acids is 2. The van der Waals surface area contributed by atoms with Gasteiger partial charge in [0.05, 0.1) is 11.9 Å². The third kappa shape index (κ3) is 9.50. The van der Waals surface area contributed by atoms with Crippen molar-refractivity contribution in [2.24, 2.45) is 0 Å². The smallest absolute Gasteiger partial charge is 0.549 e. The van der Waals surface area contributed by atoms with Crippen LogP contribution >= 0.6 is 0 Å². The van der Waals surface area contributed by atoms with Gasteiger partial charge >= 0.3 is 23.1 Å². The minimum Gasteiger partial charge on any atom is -0.549 e. The summed E-state index contributed by atoms with van der Waals surface area (Å²) < 4.78 is 0. The van der Waals surface area contributed by atoms with Gasteiger partial charge in [-0.2, -0.15) is 0 Å². The second-order valence-electron chi connectivity index (χ2n) is 8.89. The second-order valence-corrected chi connectivity index (χ2v) is 8.89. The Kier molecular flexibility index (Phi) is 15.0. The molecule has 4 nitrogen and oxygen atoms in total. The number of carbonyl (C=O) groups is 2. The summed E-state index contributed by atoms with van der Waals surface area (Å²) in [5, 5.41) is 22.6. The van der Waals surface area contributed by atoms with Gasteiger partial charge < -0.3 is 19.8 Å². The van der Waals surface area contributed by atoms with Crippen molar-refractivity contribution < 1.29 is 19.8 Å². The van der Waals surface area contributed by atoms with Crippen molar-refractivity contribution in [3.63, 3.8) is 0 Å². The van der Waals surface area contributed by atoms with Crippen molar-refractivity contribution in [2.45, 2.75) is 89.9 Å². The maximum absolute atomic E-state index is 11.3. The molecule has 176 valence electrons. The van der Waals surface area contributed by atoms with Crippen LogP contribution in [0.2, 0.25) is 0 Å².